The Labute approximate surface area is 123 Å². The zero-order valence-corrected chi connectivity index (χ0v) is 13.1. The van der Waals surface area contributed by atoms with Crippen LogP contribution < -0.4 is 0 Å². The Hall–Kier alpha value is -0.900. The average molecular weight is 276 g/mol. The molecule has 2 rings (SSSR count). The minimum Gasteiger partial charge on any atom is -0.387 e. The summed E-state index contributed by atoms with van der Waals surface area (Å²) in [6, 6.07) is 6.36. The summed E-state index contributed by atoms with van der Waals surface area (Å²) >= 11 is 0. The van der Waals surface area contributed by atoms with Crippen LogP contribution in [-0.4, -0.2) is 54.2 Å². The lowest BCUT2D eigenvalue weighted by atomic mass is 10.0. The number of aliphatic hydroxyl groups excluding tert-OH is 1. The zero-order valence-electron chi connectivity index (χ0n) is 13.1. The summed E-state index contributed by atoms with van der Waals surface area (Å²) in [7, 11) is 0. The van der Waals surface area contributed by atoms with Crippen LogP contribution in [0.25, 0.3) is 0 Å². The van der Waals surface area contributed by atoms with Gasteiger partial charge in [-0.2, -0.15) is 0 Å². The molecule has 1 N–H and O–H groups in total. The maximum absolute atomic E-state index is 10.4. The first-order chi connectivity index (χ1) is 9.58. The molecule has 1 aliphatic rings. The van der Waals surface area contributed by atoms with Gasteiger partial charge in [0.05, 0.1) is 6.10 Å². The van der Waals surface area contributed by atoms with Crippen LogP contribution in [0.15, 0.2) is 18.2 Å². The first-order valence-corrected chi connectivity index (χ1v) is 7.79. The number of hydrogen-bond acceptors (Lipinski definition) is 3. The number of nitrogens with zero attached hydrogens (tertiary/aromatic N) is 2. The SMILES string of the molecule is CCCN1CCN(CC(O)c2cc(C)cc(C)c2)CC1. The van der Waals surface area contributed by atoms with E-state index in [0.29, 0.717) is 0 Å². The zero-order chi connectivity index (χ0) is 14.5. The second-order valence-electron chi connectivity index (χ2n) is 6.08. The number of rotatable bonds is 5. The smallest absolute Gasteiger partial charge is 0.0917 e. The van der Waals surface area contributed by atoms with E-state index in [-0.39, 0.29) is 6.10 Å². The molecule has 1 atom stereocenters. The molecule has 0 radical (unpaired) electrons. The number of piperazine rings is 1. The van der Waals surface area contributed by atoms with Crippen LogP contribution in [0.5, 0.6) is 0 Å². The van der Waals surface area contributed by atoms with Crippen molar-refractivity contribution in [2.45, 2.75) is 33.3 Å². The summed E-state index contributed by atoms with van der Waals surface area (Å²) in [6.45, 7) is 12.8. The van der Waals surface area contributed by atoms with Gasteiger partial charge < -0.3 is 10.0 Å². The third-order valence-electron chi connectivity index (χ3n) is 4.06. The van der Waals surface area contributed by atoms with Crippen molar-refractivity contribution in [1.82, 2.24) is 9.80 Å². The molecular formula is C17H28N2O. The van der Waals surface area contributed by atoms with Crippen LogP contribution in [0.3, 0.4) is 0 Å². The Bertz CT molecular complexity index is 405. The first kappa shape index (κ1) is 15.5. The predicted octanol–water partition coefficient (Wildman–Crippen LogP) is 2.36. The number of β-amino-alcohol motifs (C(OH)–C–C–N with tert-alkyl or cyclic N) is 1. The van der Waals surface area contributed by atoms with E-state index < -0.39 is 0 Å². The Morgan fingerprint density at radius 2 is 1.55 bits per heavy atom. The minimum absolute atomic E-state index is 0.369. The highest BCUT2D eigenvalue weighted by atomic mass is 16.3. The van der Waals surface area contributed by atoms with Crippen molar-refractivity contribution in [1.29, 1.82) is 0 Å². The lowest BCUT2D eigenvalue weighted by Crippen LogP contribution is -2.47. The molecule has 3 heteroatoms. The molecule has 0 aliphatic carbocycles. The van der Waals surface area contributed by atoms with E-state index in [2.05, 4.69) is 48.8 Å². The number of aliphatic hydroxyl groups is 1. The standard InChI is InChI=1S/C17H28N2O/c1-4-5-18-6-8-19(9-7-18)13-17(20)16-11-14(2)10-15(3)12-16/h10-12,17,20H,4-9,13H2,1-3H3. The minimum atomic E-state index is -0.369. The molecule has 1 aromatic carbocycles. The molecule has 1 aromatic rings. The van der Waals surface area contributed by atoms with Crippen molar-refractivity contribution in [3.8, 4) is 0 Å². The van der Waals surface area contributed by atoms with Gasteiger partial charge in [-0.15, -0.1) is 0 Å². The van der Waals surface area contributed by atoms with E-state index in [0.717, 1.165) is 38.3 Å². The van der Waals surface area contributed by atoms with Crippen LogP contribution in [0.1, 0.15) is 36.1 Å². The summed E-state index contributed by atoms with van der Waals surface area (Å²) in [4.78, 5) is 4.90. The summed E-state index contributed by atoms with van der Waals surface area (Å²) in [5.41, 5.74) is 3.51. The fourth-order valence-electron chi connectivity index (χ4n) is 3.06. The molecule has 1 heterocycles. The number of aryl methyl sites for hydroxylation is 2. The summed E-state index contributed by atoms with van der Waals surface area (Å²) in [6.07, 6.45) is 0.858. The predicted molar refractivity (Wildman–Crippen MR) is 84.0 cm³/mol. The van der Waals surface area contributed by atoms with E-state index in [1.165, 1.54) is 24.1 Å². The van der Waals surface area contributed by atoms with Crippen molar-refractivity contribution in [2.24, 2.45) is 0 Å². The van der Waals surface area contributed by atoms with Crippen molar-refractivity contribution in [2.75, 3.05) is 39.3 Å². The van der Waals surface area contributed by atoms with Gasteiger partial charge in [-0.3, -0.25) is 4.90 Å². The normalized spacial score (nSPS) is 19.2. The van der Waals surface area contributed by atoms with Crippen LogP contribution in [0, 0.1) is 13.8 Å². The van der Waals surface area contributed by atoms with Crippen molar-refractivity contribution in [3.63, 3.8) is 0 Å². The van der Waals surface area contributed by atoms with Gasteiger partial charge in [-0.05, 0) is 32.4 Å². The van der Waals surface area contributed by atoms with E-state index in [9.17, 15) is 5.11 Å². The van der Waals surface area contributed by atoms with Crippen LogP contribution in [0.4, 0.5) is 0 Å². The molecule has 1 unspecified atom stereocenters. The lowest BCUT2D eigenvalue weighted by molar-refractivity contribution is 0.0726. The second-order valence-corrected chi connectivity index (χ2v) is 6.08. The molecular weight excluding hydrogens is 248 g/mol. The third kappa shape index (κ3) is 4.30. The van der Waals surface area contributed by atoms with E-state index in [4.69, 9.17) is 0 Å². The highest BCUT2D eigenvalue weighted by Gasteiger charge is 2.19. The van der Waals surface area contributed by atoms with Crippen molar-refractivity contribution >= 4 is 0 Å². The highest BCUT2D eigenvalue weighted by Crippen LogP contribution is 2.18. The maximum Gasteiger partial charge on any atom is 0.0917 e. The number of hydrogen-bond donors (Lipinski definition) is 1. The molecule has 0 spiro atoms. The molecule has 112 valence electrons. The van der Waals surface area contributed by atoms with Gasteiger partial charge in [-0.1, -0.05) is 36.2 Å². The molecule has 20 heavy (non-hydrogen) atoms. The van der Waals surface area contributed by atoms with Gasteiger partial charge in [0.1, 0.15) is 0 Å². The molecule has 0 saturated carbocycles. The Morgan fingerprint density at radius 3 is 2.10 bits per heavy atom. The average Bonchev–Trinajstić information content (AvgIpc) is 2.40. The topological polar surface area (TPSA) is 26.7 Å². The van der Waals surface area contributed by atoms with Crippen LogP contribution in [0.2, 0.25) is 0 Å². The Kier molecular flexibility index (Phi) is 5.58. The molecule has 1 aliphatic heterocycles. The van der Waals surface area contributed by atoms with Crippen molar-refractivity contribution in [3.05, 3.63) is 34.9 Å². The second kappa shape index (κ2) is 7.21. The van der Waals surface area contributed by atoms with Gasteiger partial charge in [0.2, 0.25) is 0 Å². The largest absolute Gasteiger partial charge is 0.387 e. The fourth-order valence-corrected chi connectivity index (χ4v) is 3.06. The lowest BCUT2D eigenvalue weighted by Gasteiger charge is -2.35. The molecule has 1 fully saturated rings. The number of benzene rings is 1. The molecule has 0 aromatic heterocycles. The Balaban J connectivity index is 1.87. The van der Waals surface area contributed by atoms with Crippen LogP contribution in [-0.2, 0) is 0 Å². The van der Waals surface area contributed by atoms with E-state index in [1.54, 1.807) is 0 Å². The fraction of sp³-hybridized carbons (Fsp3) is 0.647. The Morgan fingerprint density at radius 1 is 1.00 bits per heavy atom. The molecule has 1 saturated heterocycles. The monoisotopic (exact) mass is 276 g/mol. The summed E-state index contributed by atoms with van der Waals surface area (Å²) in [5, 5.41) is 10.4. The van der Waals surface area contributed by atoms with Gasteiger partial charge in [0, 0.05) is 32.7 Å². The van der Waals surface area contributed by atoms with Gasteiger partial charge in [0.15, 0.2) is 0 Å². The van der Waals surface area contributed by atoms with Gasteiger partial charge in [0.25, 0.3) is 0 Å². The van der Waals surface area contributed by atoms with Crippen molar-refractivity contribution < 1.29 is 5.11 Å². The van der Waals surface area contributed by atoms with Gasteiger partial charge >= 0.3 is 0 Å². The quantitative estimate of drug-likeness (QED) is 0.894. The summed E-state index contributed by atoms with van der Waals surface area (Å²) in [5.74, 6) is 0. The van der Waals surface area contributed by atoms with Crippen LogP contribution >= 0.6 is 0 Å². The molecule has 0 bridgehead atoms. The first-order valence-electron chi connectivity index (χ1n) is 7.79. The molecule has 3 nitrogen and oxygen atoms in total. The van der Waals surface area contributed by atoms with E-state index >= 15 is 0 Å². The van der Waals surface area contributed by atoms with Gasteiger partial charge in [-0.25, -0.2) is 0 Å². The highest BCUT2D eigenvalue weighted by molar-refractivity contribution is 5.30. The third-order valence-corrected chi connectivity index (χ3v) is 4.06. The van der Waals surface area contributed by atoms with E-state index in [1.807, 2.05) is 0 Å². The maximum atomic E-state index is 10.4. The molecule has 0 amide bonds. The summed E-state index contributed by atoms with van der Waals surface area (Å²) < 4.78 is 0.